The van der Waals surface area contributed by atoms with E-state index in [2.05, 4.69) is 69.6 Å². The third-order valence-corrected chi connectivity index (χ3v) is 13.1. The van der Waals surface area contributed by atoms with Crippen LogP contribution in [0.25, 0.3) is 11.0 Å². The first-order chi connectivity index (χ1) is 23.2. The van der Waals surface area contributed by atoms with Crippen LogP contribution in [-0.4, -0.2) is 71.4 Å². The van der Waals surface area contributed by atoms with Gasteiger partial charge in [-0.2, -0.15) is 0 Å². The summed E-state index contributed by atoms with van der Waals surface area (Å²) in [5.41, 5.74) is 3.33. The van der Waals surface area contributed by atoms with E-state index < -0.39 is 21.7 Å². The number of piperidine rings is 2. The van der Waals surface area contributed by atoms with Gasteiger partial charge in [0.25, 0.3) is 5.91 Å². The van der Waals surface area contributed by atoms with Crippen LogP contribution in [0.3, 0.4) is 0 Å². The van der Waals surface area contributed by atoms with Gasteiger partial charge in [0, 0.05) is 37.3 Å². The predicted molar refractivity (Wildman–Crippen MR) is 184 cm³/mol. The maximum Gasteiger partial charge on any atom is 0.256 e. The van der Waals surface area contributed by atoms with E-state index in [0.29, 0.717) is 31.2 Å². The van der Waals surface area contributed by atoms with Crippen LogP contribution in [0.5, 0.6) is 0 Å². The van der Waals surface area contributed by atoms with Gasteiger partial charge in [-0.1, -0.05) is 42.5 Å². The fraction of sp³-hybridized carbons (Fsp3) is 0.474. The largest absolute Gasteiger partial charge is 0.338 e. The molecule has 8 rings (SSSR count). The minimum Gasteiger partial charge on any atom is -0.338 e. The maximum atomic E-state index is 15.0. The molecule has 4 fully saturated rings. The second-order valence-electron chi connectivity index (χ2n) is 14.5. The molecule has 4 aromatic rings. The van der Waals surface area contributed by atoms with Crippen LogP contribution in [0.15, 0.2) is 77.7 Å². The van der Waals surface area contributed by atoms with Gasteiger partial charge in [-0.3, -0.25) is 9.69 Å². The molecule has 1 aromatic heterocycles. The number of fused-ring (bicyclic) bond motifs is 3. The first-order valence-corrected chi connectivity index (χ1v) is 19.1. The molecule has 1 aliphatic carbocycles. The molecule has 252 valence electrons. The molecule has 4 heterocycles. The van der Waals surface area contributed by atoms with Crippen molar-refractivity contribution in [2.45, 2.75) is 99.2 Å². The van der Waals surface area contributed by atoms with E-state index in [1.165, 1.54) is 36.1 Å². The van der Waals surface area contributed by atoms with E-state index >= 15 is 4.39 Å². The Balaban J connectivity index is 0.971. The van der Waals surface area contributed by atoms with Crippen molar-refractivity contribution in [3.05, 3.63) is 95.6 Å². The van der Waals surface area contributed by atoms with Crippen molar-refractivity contribution in [2.75, 3.05) is 19.6 Å². The van der Waals surface area contributed by atoms with Gasteiger partial charge in [0.05, 0.1) is 21.5 Å². The molecule has 1 N–H and O–H groups in total. The van der Waals surface area contributed by atoms with Crippen molar-refractivity contribution in [3.8, 4) is 0 Å². The number of benzene rings is 3. The Hall–Kier alpha value is -3.60. The van der Waals surface area contributed by atoms with Gasteiger partial charge in [-0.25, -0.2) is 22.5 Å². The minimum atomic E-state index is -3.80. The van der Waals surface area contributed by atoms with Gasteiger partial charge in [0.1, 0.15) is 11.6 Å². The highest BCUT2D eigenvalue weighted by atomic mass is 32.2. The summed E-state index contributed by atoms with van der Waals surface area (Å²) in [6, 6.07) is 24.2. The second kappa shape index (κ2) is 12.4. The highest BCUT2D eigenvalue weighted by molar-refractivity contribution is 7.89. The van der Waals surface area contributed by atoms with Gasteiger partial charge >= 0.3 is 0 Å². The smallest absolute Gasteiger partial charge is 0.256 e. The van der Waals surface area contributed by atoms with Crippen LogP contribution >= 0.6 is 0 Å². The summed E-state index contributed by atoms with van der Waals surface area (Å²) in [6.07, 6.45) is 8.86. The zero-order valence-corrected chi connectivity index (χ0v) is 28.3. The van der Waals surface area contributed by atoms with Gasteiger partial charge < -0.3 is 9.47 Å². The van der Waals surface area contributed by atoms with Crippen LogP contribution in [0.2, 0.25) is 0 Å². The Labute approximate surface area is 282 Å². The predicted octanol–water partition coefficient (Wildman–Crippen LogP) is 6.36. The number of nitrogens with one attached hydrogen (secondary N) is 1. The van der Waals surface area contributed by atoms with Gasteiger partial charge in [0.2, 0.25) is 10.0 Å². The lowest BCUT2D eigenvalue weighted by Crippen LogP contribution is -2.49. The molecule has 8 nitrogen and oxygen atoms in total. The molecular weight excluding hydrogens is 626 g/mol. The Morgan fingerprint density at radius 3 is 2.31 bits per heavy atom. The maximum absolute atomic E-state index is 15.0. The van der Waals surface area contributed by atoms with E-state index in [0.717, 1.165) is 68.9 Å². The number of halogens is 1. The number of aryl methyl sites for hydroxylation is 1. The summed E-state index contributed by atoms with van der Waals surface area (Å²) in [5, 5.41) is 0. The lowest BCUT2D eigenvalue weighted by molar-refractivity contribution is 0.0603. The average molecular weight is 670 g/mol. The molecule has 1 saturated carbocycles. The number of carbonyl (C=O) groups is 1. The van der Waals surface area contributed by atoms with Crippen molar-refractivity contribution in [2.24, 2.45) is 0 Å². The SMILES string of the molecule is Cc1nc2ccccc2n1C1C[C@H]2CC[C@@H](C1)N2CCC1(c2ccccc2)CCN(C(=O)c2cc(S(=O)(=O)NC3CC3)ccc2F)CC1. The first-order valence-electron chi connectivity index (χ1n) is 17.6. The van der Waals surface area contributed by atoms with Crippen molar-refractivity contribution in [1.29, 1.82) is 0 Å². The fourth-order valence-corrected chi connectivity index (χ4v) is 10.2. The minimum absolute atomic E-state index is 0.0652. The number of rotatable bonds is 9. The number of nitrogens with zero attached hydrogens (tertiary/aromatic N) is 4. The normalized spacial score (nSPS) is 24.3. The van der Waals surface area contributed by atoms with Crippen LogP contribution in [0.4, 0.5) is 4.39 Å². The summed E-state index contributed by atoms with van der Waals surface area (Å²) < 4.78 is 45.7. The Bertz CT molecular complexity index is 1920. The molecule has 0 radical (unpaired) electrons. The standard InChI is InChI=1S/C38H44FN5O3S/c1-26-40-35-9-5-6-10-36(35)44(26)31-23-29-13-14-30(24-31)43(29)22-19-38(27-7-3-2-4-8-27)17-20-42(21-18-38)37(45)33-25-32(15-16-34(33)39)48(46,47)41-28-11-12-28/h2-10,15-16,25,28-31,41H,11-14,17-24H2,1H3/t29-,30+,31?. The summed E-state index contributed by atoms with van der Waals surface area (Å²) in [7, 11) is -3.80. The molecule has 10 heteroatoms. The zero-order valence-electron chi connectivity index (χ0n) is 27.5. The Kier molecular flexibility index (Phi) is 8.16. The number of carbonyl (C=O) groups excluding carboxylic acids is 1. The van der Waals surface area contributed by atoms with Crippen LogP contribution in [-0.2, 0) is 15.4 Å². The molecule has 1 unspecified atom stereocenters. The van der Waals surface area contributed by atoms with Crippen LogP contribution < -0.4 is 4.72 Å². The number of amides is 1. The van der Waals surface area contributed by atoms with Crippen molar-refractivity contribution >= 4 is 27.0 Å². The molecule has 3 saturated heterocycles. The van der Waals surface area contributed by atoms with Crippen molar-refractivity contribution in [3.63, 3.8) is 0 Å². The monoisotopic (exact) mass is 669 g/mol. The van der Waals surface area contributed by atoms with E-state index in [1.807, 2.05) is 6.07 Å². The summed E-state index contributed by atoms with van der Waals surface area (Å²) >= 11 is 0. The summed E-state index contributed by atoms with van der Waals surface area (Å²) in [5.74, 6) is -0.0374. The summed E-state index contributed by atoms with van der Waals surface area (Å²) in [4.78, 5) is 22.9. The molecule has 0 spiro atoms. The molecular formula is C38H44FN5O3S. The van der Waals surface area contributed by atoms with E-state index in [4.69, 9.17) is 4.98 Å². The Morgan fingerprint density at radius 2 is 1.60 bits per heavy atom. The van der Waals surface area contributed by atoms with E-state index in [9.17, 15) is 13.2 Å². The van der Waals surface area contributed by atoms with Gasteiger partial charge in [-0.05, 0) is 113 Å². The van der Waals surface area contributed by atoms with Gasteiger partial charge in [-0.15, -0.1) is 0 Å². The zero-order chi connectivity index (χ0) is 33.0. The molecule has 1 amide bonds. The quantitative estimate of drug-likeness (QED) is 0.224. The van der Waals surface area contributed by atoms with Crippen molar-refractivity contribution in [1.82, 2.24) is 24.1 Å². The van der Waals surface area contributed by atoms with Crippen LogP contribution in [0.1, 0.15) is 85.6 Å². The highest BCUT2D eigenvalue weighted by Gasteiger charge is 2.44. The fourth-order valence-electron chi connectivity index (χ4n) is 8.90. The molecule has 4 aliphatic rings. The van der Waals surface area contributed by atoms with Crippen molar-refractivity contribution < 1.29 is 17.6 Å². The van der Waals surface area contributed by atoms with Gasteiger partial charge in [0.15, 0.2) is 0 Å². The molecule has 3 atom stereocenters. The Morgan fingerprint density at radius 1 is 0.917 bits per heavy atom. The number of imidazole rings is 1. The number of aromatic nitrogens is 2. The van der Waals surface area contributed by atoms with E-state index in [-0.39, 0.29) is 21.9 Å². The second-order valence-corrected chi connectivity index (χ2v) is 16.2. The third-order valence-electron chi connectivity index (χ3n) is 11.6. The summed E-state index contributed by atoms with van der Waals surface area (Å²) in [6.45, 7) is 4.13. The molecule has 3 aliphatic heterocycles. The van der Waals surface area contributed by atoms with Crippen LogP contribution in [0, 0.1) is 12.7 Å². The molecule has 48 heavy (non-hydrogen) atoms. The number of hydrogen-bond acceptors (Lipinski definition) is 5. The number of sulfonamides is 1. The third kappa shape index (κ3) is 5.86. The topological polar surface area (TPSA) is 87.5 Å². The molecule has 3 aromatic carbocycles. The highest BCUT2D eigenvalue weighted by Crippen LogP contribution is 2.45. The average Bonchev–Trinajstić information content (AvgIpc) is 3.78. The first kappa shape index (κ1) is 31.7. The molecule has 2 bridgehead atoms. The van der Waals surface area contributed by atoms with E-state index in [1.54, 1.807) is 4.90 Å². The lowest BCUT2D eigenvalue weighted by atomic mass is 9.70. The lowest BCUT2D eigenvalue weighted by Gasteiger charge is -2.45. The number of likely N-dealkylation sites (tertiary alicyclic amines) is 1. The number of hydrogen-bond donors (Lipinski definition) is 1. The number of para-hydroxylation sites is 2.